The highest BCUT2D eigenvalue weighted by molar-refractivity contribution is 5.79. The summed E-state index contributed by atoms with van der Waals surface area (Å²) < 4.78 is 26.7. The summed E-state index contributed by atoms with van der Waals surface area (Å²) in [7, 11) is 0. The lowest BCUT2D eigenvalue weighted by Crippen LogP contribution is -2.48. The van der Waals surface area contributed by atoms with Gasteiger partial charge in [0.1, 0.15) is 11.6 Å². The van der Waals surface area contributed by atoms with Crippen LogP contribution in [-0.2, 0) is 11.3 Å². The maximum Gasteiger partial charge on any atom is 0.224 e. The lowest BCUT2D eigenvalue weighted by atomic mass is 9.95. The summed E-state index contributed by atoms with van der Waals surface area (Å²) in [6.07, 6.45) is 1.76. The summed E-state index contributed by atoms with van der Waals surface area (Å²) in [5.74, 6) is -1.11. The van der Waals surface area contributed by atoms with Crippen molar-refractivity contribution in [1.82, 2.24) is 10.2 Å². The van der Waals surface area contributed by atoms with E-state index < -0.39 is 11.6 Å². The molecule has 0 aromatic heterocycles. The van der Waals surface area contributed by atoms with Gasteiger partial charge in [0, 0.05) is 30.3 Å². The summed E-state index contributed by atoms with van der Waals surface area (Å²) in [5.41, 5.74) is 0.223. The molecule has 0 radical (unpaired) electrons. The number of piperidine rings is 1. The van der Waals surface area contributed by atoms with E-state index in [2.05, 4.69) is 10.2 Å². The third-order valence-corrected chi connectivity index (χ3v) is 3.78. The highest BCUT2D eigenvalue weighted by Crippen LogP contribution is 2.21. The Labute approximate surface area is 130 Å². The van der Waals surface area contributed by atoms with Crippen LogP contribution < -0.4 is 5.32 Å². The molecule has 0 saturated carbocycles. The summed E-state index contributed by atoms with van der Waals surface area (Å²) in [4.78, 5) is 14.3. The number of benzene rings is 1. The van der Waals surface area contributed by atoms with Crippen LogP contribution in [0.1, 0.15) is 39.2 Å². The minimum absolute atomic E-state index is 0.0526. The molecule has 1 amide bonds. The Bertz CT molecular complexity index is 540. The van der Waals surface area contributed by atoms with Crippen LogP contribution in [0, 0.1) is 17.6 Å². The van der Waals surface area contributed by atoms with Gasteiger partial charge in [0.2, 0.25) is 5.91 Å². The van der Waals surface area contributed by atoms with Crippen molar-refractivity contribution in [3.8, 4) is 0 Å². The SMILES string of the molecule is CC(C)(C)NC(=O)C1CCCN(Cc2ccc(F)cc2F)C1. The Morgan fingerprint density at radius 2 is 2.09 bits per heavy atom. The van der Waals surface area contributed by atoms with E-state index in [0.29, 0.717) is 18.7 Å². The maximum absolute atomic E-state index is 13.7. The van der Waals surface area contributed by atoms with Gasteiger partial charge in [-0.1, -0.05) is 6.07 Å². The second-order valence-electron chi connectivity index (χ2n) is 7.05. The molecule has 122 valence electrons. The van der Waals surface area contributed by atoms with E-state index in [4.69, 9.17) is 0 Å². The minimum atomic E-state index is -0.567. The number of nitrogens with one attached hydrogen (secondary N) is 1. The number of likely N-dealkylation sites (tertiary alicyclic amines) is 1. The Morgan fingerprint density at radius 3 is 2.73 bits per heavy atom. The van der Waals surface area contributed by atoms with Crippen LogP contribution in [0.15, 0.2) is 18.2 Å². The van der Waals surface area contributed by atoms with E-state index in [9.17, 15) is 13.6 Å². The van der Waals surface area contributed by atoms with Gasteiger partial charge in [-0.2, -0.15) is 0 Å². The van der Waals surface area contributed by atoms with Gasteiger partial charge in [-0.15, -0.1) is 0 Å². The standard InChI is InChI=1S/C17H24F2N2O/c1-17(2,3)20-16(22)13-5-4-8-21(11-13)10-12-6-7-14(18)9-15(12)19/h6-7,9,13H,4-5,8,10-11H2,1-3H3,(H,20,22). The fourth-order valence-electron chi connectivity index (χ4n) is 2.78. The number of hydrogen-bond acceptors (Lipinski definition) is 2. The highest BCUT2D eigenvalue weighted by Gasteiger charge is 2.28. The van der Waals surface area contributed by atoms with Crippen molar-refractivity contribution < 1.29 is 13.6 Å². The molecule has 0 spiro atoms. The molecule has 5 heteroatoms. The van der Waals surface area contributed by atoms with Gasteiger partial charge in [0.15, 0.2) is 0 Å². The number of hydrogen-bond donors (Lipinski definition) is 1. The largest absolute Gasteiger partial charge is 0.351 e. The zero-order valence-electron chi connectivity index (χ0n) is 13.5. The first-order valence-corrected chi connectivity index (χ1v) is 7.73. The van der Waals surface area contributed by atoms with Gasteiger partial charge in [-0.05, 0) is 46.2 Å². The van der Waals surface area contributed by atoms with Gasteiger partial charge in [-0.25, -0.2) is 8.78 Å². The van der Waals surface area contributed by atoms with Gasteiger partial charge in [-0.3, -0.25) is 9.69 Å². The fourth-order valence-corrected chi connectivity index (χ4v) is 2.78. The molecule has 1 unspecified atom stereocenters. The average Bonchev–Trinajstić information content (AvgIpc) is 2.40. The van der Waals surface area contributed by atoms with Crippen LogP contribution in [0.5, 0.6) is 0 Å². The lowest BCUT2D eigenvalue weighted by molar-refractivity contribution is -0.128. The molecular weight excluding hydrogens is 286 g/mol. The van der Waals surface area contributed by atoms with E-state index in [1.54, 1.807) is 0 Å². The smallest absolute Gasteiger partial charge is 0.224 e. The quantitative estimate of drug-likeness (QED) is 0.930. The summed E-state index contributed by atoms with van der Waals surface area (Å²) in [6, 6.07) is 3.65. The van der Waals surface area contributed by atoms with Crippen molar-refractivity contribution in [3.05, 3.63) is 35.4 Å². The van der Waals surface area contributed by atoms with Crippen molar-refractivity contribution in [2.24, 2.45) is 5.92 Å². The first kappa shape index (κ1) is 16.9. The average molecular weight is 310 g/mol. The molecule has 1 saturated heterocycles. The maximum atomic E-state index is 13.7. The Kier molecular flexibility index (Phi) is 5.16. The van der Waals surface area contributed by atoms with E-state index in [-0.39, 0.29) is 17.4 Å². The third-order valence-electron chi connectivity index (χ3n) is 3.78. The Hall–Kier alpha value is -1.49. The first-order valence-electron chi connectivity index (χ1n) is 7.73. The third kappa shape index (κ3) is 4.77. The molecule has 2 rings (SSSR count). The molecule has 1 N–H and O–H groups in total. The number of carbonyl (C=O) groups excluding carboxylic acids is 1. The molecule has 1 aliphatic heterocycles. The minimum Gasteiger partial charge on any atom is -0.351 e. The monoisotopic (exact) mass is 310 g/mol. The van der Waals surface area contributed by atoms with Crippen molar-refractivity contribution >= 4 is 5.91 Å². The van der Waals surface area contributed by atoms with E-state index in [1.165, 1.54) is 12.1 Å². The number of rotatable bonds is 3. The van der Waals surface area contributed by atoms with Crippen LogP contribution in [0.2, 0.25) is 0 Å². The zero-order valence-corrected chi connectivity index (χ0v) is 13.5. The molecule has 0 aliphatic carbocycles. The summed E-state index contributed by atoms with van der Waals surface area (Å²) in [6.45, 7) is 7.72. The van der Waals surface area contributed by atoms with Gasteiger partial charge in [0.05, 0.1) is 5.92 Å². The lowest BCUT2D eigenvalue weighted by Gasteiger charge is -2.33. The zero-order chi connectivity index (χ0) is 16.3. The molecule has 1 heterocycles. The predicted octanol–water partition coefficient (Wildman–Crippen LogP) is 3.09. The molecule has 1 atom stereocenters. The van der Waals surface area contributed by atoms with Crippen LogP contribution in [-0.4, -0.2) is 29.4 Å². The molecule has 1 aliphatic rings. The Morgan fingerprint density at radius 1 is 1.36 bits per heavy atom. The predicted molar refractivity (Wildman–Crippen MR) is 82.3 cm³/mol. The number of halogens is 2. The van der Waals surface area contributed by atoms with Crippen LogP contribution in [0.25, 0.3) is 0 Å². The first-order chi connectivity index (χ1) is 10.2. The molecule has 1 fully saturated rings. The van der Waals surface area contributed by atoms with Crippen LogP contribution in [0.4, 0.5) is 8.78 Å². The van der Waals surface area contributed by atoms with E-state index >= 15 is 0 Å². The van der Waals surface area contributed by atoms with Crippen molar-refractivity contribution in [2.45, 2.75) is 45.7 Å². The van der Waals surface area contributed by atoms with Gasteiger partial charge >= 0.3 is 0 Å². The highest BCUT2D eigenvalue weighted by atomic mass is 19.1. The van der Waals surface area contributed by atoms with Gasteiger partial charge < -0.3 is 5.32 Å². The number of carbonyl (C=O) groups is 1. The fraction of sp³-hybridized carbons (Fsp3) is 0.588. The molecular formula is C17H24F2N2O. The summed E-state index contributed by atoms with van der Waals surface area (Å²) >= 11 is 0. The van der Waals surface area contributed by atoms with E-state index in [0.717, 1.165) is 25.5 Å². The molecule has 3 nitrogen and oxygen atoms in total. The van der Waals surface area contributed by atoms with Crippen molar-refractivity contribution in [2.75, 3.05) is 13.1 Å². The molecule has 0 bridgehead atoms. The van der Waals surface area contributed by atoms with Crippen LogP contribution in [0.3, 0.4) is 0 Å². The van der Waals surface area contributed by atoms with Crippen LogP contribution >= 0.6 is 0 Å². The van der Waals surface area contributed by atoms with E-state index in [1.807, 2.05) is 20.8 Å². The topological polar surface area (TPSA) is 32.3 Å². The second kappa shape index (κ2) is 6.73. The summed E-state index contributed by atoms with van der Waals surface area (Å²) in [5, 5.41) is 3.00. The molecule has 1 aromatic carbocycles. The Balaban J connectivity index is 1.97. The molecule has 1 aromatic rings. The number of amides is 1. The normalized spacial score (nSPS) is 20.0. The molecule has 22 heavy (non-hydrogen) atoms. The second-order valence-corrected chi connectivity index (χ2v) is 7.05. The van der Waals surface area contributed by atoms with Crippen molar-refractivity contribution in [1.29, 1.82) is 0 Å². The van der Waals surface area contributed by atoms with Gasteiger partial charge in [0.25, 0.3) is 0 Å². The van der Waals surface area contributed by atoms with Crippen molar-refractivity contribution in [3.63, 3.8) is 0 Å². The number of nitrogens with zero attached hydrogens (tertiary/aromatic N) is 1.